The van der Waals surface area contributed by atoms with E-state index in [1.54, 1.807) is 13.0 Å². The molecule has 0 aliphatic carbocycles. The number of rotatable bonds is 6. The van der Waals surface area contributed by atoms with Crippen LogP contribution in [0.3, 0.4) is 0 Å². The number of nitrogens with one attached hydrogen (secondary N) is 2. The fraction of sp³-hybridized carbons (Fsp3) is 0.286. The number of hydrogen-bond acceptors (Lipinski definition) is 3. The van der Waals surface area contributed by atoms with E-state index in [0.29, 0.717) is 13.0 Å². The second-order valence-corrected chi connectivity index (χ2v) is 3.93. The molecule has 0 saturated heterocycles. The lowest BCUT2D eigenvalue weighted by Crippen LogP contribution is -2.37. The summed E-state index contributed by atoms with van der Waals surface area (Å²) in [6.07, 6.45) is 2.04. The van der Waals surface area contributed by atoms with Crippen molar-refractivity contribution in [1.82, 2.24) is 5.32 Å². The largest absolute Gasteiger partial charge is 0.374 e. The monoisotopic (exact) mass is 243 g/mol. The molecule has 1 aromatic rings. The van der Waals surface area contributed by atoms with Gasteiger partial charge in [-0.1, -0.05) is 18.2 Å². The van der Waals surface area contributed by atoms with Gasteiger partial charge in [-0.3, -0.25) is 4.79 Å². The predicted octanol–water partition coefficient (Wildman–Crippen LogP) is 1.86. The van der Waals surface area contributed by atoms with Gasteiger partial charge in [0.25, 0.3) is 0 Å². The first-order chi connectivity index (χ1) is 8.67. The highest BCUT2D eigenvalue weighted by Gasteiger charge is 2.10. The Balaban J connectivity index is 2.53. The van der Waals surface area contributed by atoms with E-state index in [1.807, 2.05) is 24.3 Å². The van der Waals surface area contributed by atoms with Crippen LogP contribution in [0.2, 0.25) is 0 Å². The Morgan fingerprint density at radius 3 is 2.72 bits per heavy atom. The first-order valence-electron chi connectivity index (χ1n) is 5.78. The Bertz CT molecular complexity index is 445. The molecule has 18 heavy (non-hydrogen) atoms. The molecule has 4 nitrogen and oxygen atoms in total. The number of nitrogens with zero attached hydrogens (tertiary/aromatic N) is 1. The molecular formula is C14H17N3O. The van der Waals surface area contributed by atoms with Crippen LogP contribution in [0.5, 0.6) is 0 Å². The Kier molecular flexibility index (Phi) is 5.46. The third-order valence-electron chi connectivity index (χ3n) is 2.43. The van der Waals surface area contributed by atoms with Gasteiger partial charge < -0.3 is 10.6 Å². The van der Waals surface area contributed by atoms with E-state index in [2.05, 4.69) is 23.3 Å². The second kappa shape index (κ2) is 7.13. The third kappa shape index (κ3) is 4.30. The van der Waals surface area contributed by atoms with E-state index >= 15 is 0 Å². The lowest BCUT2D eigenvalue weighted by Gasteiger charge is -2.14. The van der Waals surface area contributed by atoms with Gasteiger partial charge in [0.15, 0.2) is 0 Å². The Morgan fingerprint density at radius 2 is 2.17 bits per heavy atom. The van der Waals surface area contributed by atoms with Crippen molar-refractivity contribution in [2.45, 2.75) is 19.4 Å². The lowest BCUT2D eigenvalue weighted by atomic mass is 10.1. The summed E-state index contributed by atoms with van der Waals surface area (Å²) in [6.45, 7) is 5.80. The molecule has 0 aromatic heterocycles. The summed E-state index contributed by atoms with van der Waals surface area (Å²) in [5.41, 5.74) is 1.82. The Morgan fingerprint density at radius 1 is 1.50 bits per heavy atom. The summed E-state index contributed by atoms with van der Waals surface area (Å²) in [5, 5.41) is 14.4. The number of hydrogen-bond donors (Lipinski definition) is 2. The van der Waals surface area contributed by atoms with Crippen LogP contribution in [0.4, 0.5) is 5.69 Å². The topological polar surface area (TPSA) is 64.9 Å². The summed E-state index contributed by atoms with van der Waals surface area (Å²) >= 11 is 0. The van der Waals surface area contributed by atoms with Crippen molar-refractivity contribution in [2.75, 3.05) is 11.9 Å². The maximum Gasteiger partial charge on any atom is 0.242 e. The second-order valence-electron chi connectivity index (χ2n) is 3.93. The van der Waals surface area contributed by atoms with Gasteiger partial charge >= 0.3 is 0 Å². The van der Waals surface area contributed by atoms with Crippen molar-refractivity contribution in [3.05, 3.63) is 42.5 Å². The number of carbonyl (C=O) groups is 1. The molecule has 0 fully saturated rings. The minimum atomic E-state index is -0.313. The minimum Gasteiger partial charge on any atom is -0.374 e. The van der Waals surface area contributed by atoms with Gasteiger partial charge in [-0.05, 0) is 24.6 Å². The number of carbonyl (C=O) groups excluding carboxylic acids is 1. The molecule has 1 rings (SSSR count). The van der Waals surface area contributed by atoms with Crippen molar-refractivity contribution >= 4 is 11.6 Å². The molecule has 0 heterocycles. The smallest absolute Gasteiger partial charge is 0.242 e. The van der Waals surface area contributed by atoms with Gasteiger partial charge in [0, 0.05) is 12.2 Å². The van der Waals surface area contributed by atoms with Gasteiger partial charge in [-0.2, -0.15) is 5.26 Å². The van der Waals surface area contributed by atoms with Crippen LogP contribution < -0.4 is 10.6 Å². The number of benzene rings is 1. The zero-order valence-corrected chi connectivity index (χ0v) is 10.4. The molecule has 1 atom stereocenters. The summed E-state index contributed by atoms with van der Waals surface area (Å²) in [6, 6.07) is 9.26. The van der Waals surface area contributed by atoms with Crippen LogP contribution in [0, 0.1) is 11.3 Å². The first kappa shape index (κ1) is 13.8. The molecule has 1 aromatic carbocycles. The highest BCUT2D eigenvalue weighted by molar-refractivity contribution is 5.84. The maximum absolute atomic E-state index is 11.6. The van der Waals surface area contributed by atoms with E-state index < -0.39 is 0 Å². The maximum atomic E-state index is 11.6. The van der Waals surface area contributed by atoms with Gasteiger partial charge in [0.2, 0.25) is 5.91 Å². The molecule has 4 heteroatoms. The number of anilines is 1. The third-order valence-corrected chi connectivity index (χ3v) is 2.43. The molecule has 0 aliphatic rings. The van der Waals surface area contributed by atoms with Crippen LogP contribution in [0.25, 0.3) is 0 Å². The fourth-order valence-corrected chi connectivity index (χ4v) is 1.45. The highest BCUT2D eigenvalue weighted by atomic mass is 16.2. The molecule has 1 unspecified atom stereocenters. The van der Waals surface area contributed by atoms with Crippen molar-refractivity contribution in [3.8, 4) is 6.07 Å². The van der Waals surface area contributed by atoms with Gasteiger partial charge in [-0.15, -0.1) is 6.58 Å². The zero-order chi connectivity index (χ0) is 13.4. The molecule has 0 spiro atoms. The van der Waals surface area contributed by atoms with E-state index in [-0.39, 0.29) is 11.9 Å². The van der Waals surface area contributed by atoms with E-state index in [4.69, 9.17) is 5.26 Å². The molecule has 1 amide bonds. The number of amides is 1. The minimum absolute atomic E-state index is 0.0731. The average molecular weight is 243 g/mol. The summed E-state index contributed by atoms with van der Waals surface area (Å²) < 4.78 is 0. The molecule has 94 valence electrons. The van der Waals surface area contributed by atoms with Crippen molar-refractivity contribution in [3.63, 3.8) is 0 Å². The Labute approximate surface area is 107 Å². The van der Waals surface area contributed by atoms with Crippen molar-refractivity contribution in [1.29, 1.82) is 5.26 Å². The van der Waals surface area contributed by atoms with Gasteiger partial charge in [0.05, 0.1) is 12.5 Å². The van der Waals surface area contributed by atoms with E-state index in [1.165, 1.54) is 0 Å². The van der Waals surface area contributed by atoms with Crippen LogP contribution in [0.15, 0.2) is 36.9 Å². The normalized spacial score (nSPS) is 11.1. The summed E-state index contributed by atoms with van der Waals surface area (Å²) in [4.78, 5) is 11.6. The lowest BCUT2D eigenvalue weighted by molar-refractivity contribution is -0.121. The first-order valence-corrected chi connectivity index (χ1v) is 5.78. The van der Waals surface area contributed by atoms with Gasteiger partial charge in [0.1, 0.15) is 6.04 Å². The van der Waals surface area contributed by atoms with Crippen molar-refractivity contribution < 1.29 is 4.79 Å². The zero-order valence-electron chi connectivity index (χ0n) is 10.4. The molecular weight excluding hydrogens is 226 g/mol. The van der Waals surface area contributed by atoms with Crippen LogP contribution in [0.1, 0.15) is 12.5 Å². The fourth-order valence-electron chi connectivity index (χ4n) is 1.45. The standard InChI is InChI=1S/C14H17N3O/c1-3-10-16-14(18)11(2)17-13-6-4-12(5-7-13)8-9-15/h3-7,11,17H,1,8,10H2,2H3,(H,16,18). The van der Waals surface area contributed by atoms with Gasteiger partial charge in [-0.25, -0.2) is 0 Å². The molecule has 2 N–H and O–H groups in total. The van der Waals surface area contributed by atoms with Crippen LogP contribution >= 0.6 is 0 Å². The van der Waals surface area contributed by atoms with Crippen LogP contribution in [-0.2, 0) is 11.2 Å². The average Bonchev–Trinajstić information content (AvgIpc) is 2.38. The molecule has 0 saturated carbocycles. The quantitative estimate of drug-likeness (QED) is 0.749. The molecule has 0 radical (unpaired) electrons. The highest BCUT2D eigenvalue weighted by Crippen LogP contribution is 2.11. The van der Waals surface area contributed by atoms with Crippen molar-refractivity contribution in [2.24, 2.45) is 0 Å². The summed E-state index contributed by atoms with van der Waals surface area (Å²) in [5.74, 6) is -0.0731. The summed E-state index contributed by atoms with van der Waals surface area (Å²) in [7, 11) is 0. The van der Waals surface area contributed by atoms with E-state index in [9.17, 15) is 4.79 Å². The Hall–Kier alpha value is -2.28. The predicted molar refractivity (Wildman–Crippen MR) is 72.1 cm³/mol. The van der Waals surface area contributed by atoms with Crippen LogP contribution in [-0.4, -0.2) is 18.5 Å². The molecule has 0 aliphatic heterocycles. The number of nitriles is 1. The molecule has 0 bridgehead atoms. The SMILES string of the molecule is C=CCNC(=O)C(C)Nc1ccc(CC#N)cc1. The van der Waals surface area contributed by atoms with E-state index in [0.717, 1.165) is 11.3 Å².